The van der Waals surface area contributed by atoms with Gasteiger partial charge in [-0.2, -0.15) is 0 Å². The highest BCUT2D eigenvalue weighted by Crippen LogP contribution is 2.27. The van der Waals surface area contributed by atoms with Crippen molar-refractivity contribution in [3.05, 3.63) is 36.0 Å². The predicted octanol–water partition coefficient (Wildman–Crippen LogP) is 2.74. The Labute approximate surface area is 112 Å². The van der Waals surface area contributed by atoms with Crippen LogP contribution in [0.2, 0.25) is 0 Å². The number of methoxy groups -OCH3 is 1. The summed E-state index contributed by atoms with van der Waals surface area (Å²) in [5, 5.41) is 0.914. The number of esters is 1. The van der Waals surface area contributed by atoms with Crippen LogP contribution in [0.15, 0.2) is 30.5 Å². The van der Waals surface area contributed by atoms with Crippen LogP contribution in [0.25, 0.3) is 10.9 Å². The van der Waals surface area contributed by atoms with Crippen molar-refractivity contribution >= 4 is 16.9 Å². The molecule has 4 heteroatoms. The Bertz CT molecular complexity index is 595. The lowest BCUT2D eigenvalue weighted by molar-refractivity contribution is -0.147. The number of fused-ring (bicyclic) bond motifs is 1. The topological polar surface area (TPSA) is 48.4 Å². The van der Waals surface area contributed by atoms with Gasteiger partial charge in [0.05, 0.1) is 12.6 Å². The average Bonchev–Trinajstić information content (AvgIpc) is 2.46. The highest BCUT2D eigenvalue weighted by atomic mass is 16.6. The minimum atomic E-state index is -0.638. The molecule has 2 aromatic rings. The van der Waals surface area contributed by atoms with Gasteiger partial charge in [0.25, 0.3) is 0 Å². The van der Waals surface area contributed by atoms with E-state index in [0.29, 0.717) is 5.75 Å². The van der Waals surface area contributed by atoms with E-state index in [1.807, 2.05) is 18.2 Å². The van der Waals surface area contributed by atoms with Crippen LogP contribution in [0.3, 0.4) is 0 Å². The molecule has 0 radical (unpaired) electrons. The summed E-state index contributed by atoms with van der Waals surface area (Å²) < 4.78 is 10.3. The van der Waals surface area contributed by atoms with Gasteiger partial charge in [0.1, 0.15) is 5.75 Å². The van der Waals surface area contributed by atoms with Crippen molar-refractivity contribution in [2.75, 3.05) is 7.11 Å². The first kappa shape index (κ1) is 13.3. The largest absolute Gasteiger partial charge is 0.478 e. The van der Waals surface area contributed by atoms with Gasteiger partial charge in [0.2, 0.25) is 0 Å². The third-order valence-corrected chi connectivity index (χ3v) is 3.03. The fourth-order valence-corrected chi connectivity index (χ4v) is 2.00. The zero-order valence-corrected chi connectivity index (χ0v) is 11.3. The summed E-state index contributed by atoms with van der Waals surface area (Å²) in [7, 11) is 1.35. The molecule has 0 amide bonds. The standard InChI is InChI=1S/C15H17NO3/c1-4-11-6-5-7-12-13(8-9-16-14(11)12)19-10(2)15(17)18-3/h5-10H,4H2,1-3H3. The molecule has 0 saturated carbocycles. The molecule has 0 fully saturated rings. The zero-order chi connectivity index (χ0) is 13.8. The van der Waals surface area contributed by atoms with E-state index in [1.54, 1.807) is 19.2 Å². The Morgan fingerprint density at radius 1 is 1.37 bits per heavy atom. The molecule has 1 atom stereocenters. The molecule has 1 heterocycles. The Hall–Kier alpha value is -2.10. The number of carbonyl (C=O) groups is 1. The van der Waals surface area contributed by atoms with Gasteiger partial charge in [0.15, 0.2) is 6.10 Å². The average molecular weight is 259 g/mol. The van der Waals surface area contributed by atoms with Crippen LogP contribution in [0.4, 0.5) is 0 Å². The summed E-state index contributed by atoms with van der Waals surface area (Å²) >= 11 is 0. The highest BCUT2D eigenvalue weighted by molar-refractivity contribution is 5.88. The summed E-state index contributed by atoms with van der Waals surface area (Å²) in [4.78, 5) is 15.8. The van der Waals surface area contributed by atoms with E-state index >= 15 is 0 Å². The van der Waals surface area contributed by atoms with E-state index in [0.717, 1.165) is 22.9 Å². The molecule has 100 valence electrons. The number of benzene rings is 1. The van der Waals surface area contributed by atoms with Crippen LogP contribution in [0.5, 0.6) is 5.75 Å². The smallest absolute Gasteiger partial charge is 0.346 e. The molecule has 0 saturated heterocycles. The van der Waals surface area contributed by atoms with E-state index in [2.05, 4.69) is 16.6 Å². The van der Waals surface area contributed by atoms with Gasteiger partial charge in [-0.15, -0.1) is 0 Å². The van der Waals surface area contributed by atoms with Gasteiger partial charge in [0, 0.05) is 11.6 Å². The number of hydrogen-bond donors (Lipinski definition) is 0. The van der Waals surface area contributed by atoms with Crippen LogP contribution in [-0.4, -0.2) is 24.2 Å². The zero-order valence-electron chi connectivity index (χ0n) is 11.3. The first-order valence-electron chi connectivity index (χ1n) is 6.28. The van der Waals surface area contributed by atoms with Gasteiger partial charge in [-0.05, 0) is 31.0 Å². The predicted molar refractivity (Wildman–Crippen MR) is 73.2 cm³/mol. The number of para-hydroxylation sites is 1. The SMILES string of the molecule is CCc1cccc2c(OC(C)C(=O)OC)ccnc12. The maximum absolute atomic E-state index is 11.4. The van der Waals surface area contributed by atoms with Gasteiger partial charge in [-0.3, -0.25) is 4.98 Å². The molecule has 1 unspecified atom stereocenters. The lowest BCUT2D eigenvalue weighted by Crippen LogP contribution is -2.25. The highest BCUT2D eigenvalue weighted by Gasteiger charge is 2.16. The number of nitrogens with zero attached hydrogens (tertiary/aromatic N) is 1. The Morgan fingerprint density at radius 2 is 2.16 bits per heavy atom. The van der Waals surface area contributed by atoms with E-state index in [1.165, 1.54) is 7.11 Å². The van der Waals surface area contributed by atoms with Gasteiger partial charge < -0.3 is 9.47 Å². The molecular formula is C15H17NO3. The first-order valence-corrected chi connectivity index (χ1v) is 6.28. The number of aromatic nitrogens is 1. The molecule has 2 rings (SSSR count). The number of aryl methyl sites for hydroxylation is 1. The first-order chi connectivity index (χ1) is 9.17. The molecule has 0 bridgehead atoms. The molecule has 1 aromatic carbocycles. The number of carbonyl (C=O) groups excluding carboxylic acids is 1. The molecule has 0 aliphatic carbocycles. The van der Waals surface area contributed by atoms with Crippen molar-refractivity contribution in [2.24, 2.45) is 0 Å². The number of ether oxygens (including phenoxy) is 2. The van der Waals surface area contributed by atoms with Crippen LogP contribution in [0, 0.1) is 0 Å². The maximum atomic E-state index is 11.4. The lowest BCUT2D eigenvalue weighted by atomic mass is 10.1. The summed E-state index contributed by atoms with van der Waals surface area (Å²) in [6, 6.07) is 7.73. The second kappa shape index (κ2) is 5.69. The summed E-state index contributed by atoms with van der Waals surface area (Å²) in [5.41, 5.74) is 2.08. The van der Waals surface area contributed by atoms with Crippen molar-refractivity contribution in [3.63, 3.8) is 0 Å². The van der Waals surface area contributed by atoms with Crippen LogP contribution < -0.4 is 4.74 Å². The quantitative estimate of drug-likeness (QED) is 0.792. The van der Waals surface area contributed by atoms with E-state index < -0.39 is 12.1 Å². The Kier molecular flexibility index (Phi) is 4.00. The minimum Gasteiger partial charge on any atom is -0.478 e. The van der Waals surface area contributed by atoms with Crippen molar-refractivity contribution in [1.82, 2.24) is 4.98 Å². The maximum Gasteiger partial charge on any atom is 0.346 e. The molecular weight excluding hydrogens is 242 g/mol. The second-order valence-electron chi connectivity index (χ2n) is 4.26. The van der Waals surface area contributed by atoms with Crippen molar-refractivity contribution < 1.29 is 14.3 Å². The van der Waals surface area contributed by atoms with Gasteiger partial charge in [-0.25, -0.2) is 4.79 Å². The number of hydrogen-bond acceptors (Lipinski definition) is 4. The normalized spacial score (nSPS) is 12.2. The van der Waals surface area contributed by atoms with Crippen molar-refractivity contribution in [2.45, 2.75) is 26.4 Å². The summed E-state index contributed by atoms with van der Waals surface area (Å²) in [5.74, 6) is 0.259. The van der Waals surface area contributed by atoms with E-state index in [-0.39, 0.29) is 0 Å². The monoisotopic (exact) mass is 259 g/mol. The van der Waals surface area contributed by atoms with E-state index in [9.17, 15) is 4.79 Å². The number of rotatable bonds is 4. The van der Waals surface area contributed by atoms with E-state index in [4.69, 9.17) is 4.74 Å². The van der Waals surface area contributed by atoms with Crippen LogP contribution in [-0.2, 0) is 16.0 Å². The molecule has 0 aliphatic rings. The fraction of sp³-hybridized carbons (Fsp3) is 0.333. The fourth-order valence-electron chi connectivity index (χ4n) is 2.00. The molecule has 1 aromatic heterocycles. The third kappa shape index (κ3) is 2.67. The summed E-state index contributed by atoms with van der Waals surface area (Å²) in [6.45, 7) is 3.75. The van der Waals surface area contributed by atoms with Gasteiger partial charge in [-0.1, -0.05) is 19.1 Å². The Balaban J connectivity index is 2.42. The molecule has 19 heavy (non-hydrogen) atoms. The molecule has 0 spiro atoms. The second-order valence-corrected chi connectivity index (χ2v) is 4.26. The minimum absolute atomic E-state index is 0.392. The molecule has 0 aliphatic heterocycles. The lowest BCUT2D eigenvalue weighted by Gasteiger charge is -2.14. The van der Waals surface area contributed by atoms with Gasteiger partial charge >= 0.3 is 5.97 Å². The molecule has 0 N–H and O–H groups in total. The van der Waals surface area contributed by atoms with Crippen LogP contribution >= 0.6 is 0 Å². The molecule has 4 nitrogen and oxygen atoms in total. The van der Waals surface area contributed by atoms with Crippen molar-refractivity contribution in [1.29, 1.82) is 0 Å². The van der Waals surface area contributed by atoms with Crippen molar-refractivity contribution in [3.8, 4) is 5.75 Å². The Morgan fingerprint density at radius 3 is 2.84 bits per heavy atom. The van der Waals surface area contributed by atoms with Crippen LogP contribution in [0.1, 0.15) is 19.4 Å². The summed E-state index contributed by atoms with van der Waals surface area (Å²) in [6.07, 6.45) is 1.96. The third-order valence-electron chi connectivity index (χ3n) is 3.03. The number of pyridine rings is 1.